The summed E-state index contributed by atoms with van der Waals surface area (Å²) >= 11 is 0. The molecule has 0 radical (unpaired) electrons. The van der Waals surface area contributed by atoms with Gasteiger partial charge in [-0.3, -0.25) is 10.7 Å². The van der Waals surface area contributed by atoms with Crippen LogP contribution in [0.5, 0.6) is 0 Å². The zero-order valence-electron chi connectivity index (χ0n) is 7.83. The van der Waals surface area contributed by atoms with Gasteiger partial charge < -0.3 is 22.5 Å². The van der Waals surface area contributed by atoms with Gasteiger partial charge in [0, 0.05) is 0 Å². The van der Waals surface area contributed by atoms with Crippen molar-refractivity contribution in [2.45, 2.75) is 26.2 Å². The summed E-state index contributed by atoms with van der Waals surface area (Å²) in [5.41, 5.74) is 15.5. The van der Waals surface area contributed by atoms with Crippen LogP contribution in [0.15, 0.2) is 4.99 Å². The highest BCUT2D eigenvalue weighted by molar-refractivity contribution is 5.76. The minimum atomic E-state index is -0.216. The SMILES string of the molecule is CC(N=C(N)N)NC(C)NC(=N)N. The third-order valence-electron chi connectivity index (χ3n) is 1.21. The molecule has 13 heavy (non-hydrogen) atoms. The molecule has 0 heterocycles. The Labute approximate surface area is 77.3 Å². The fourth-order valence-electron chi connectivity index (χ4n) is 0.898. The molecule has 0 aliphatic carbocycles. The van der Waals surface area contributed by atoms with Gasteiger partial charge >= 0.3 is 0 Å². The van der Waals surface area contributed by atoms with Crippen LogP contribution in [0.4, 0.5) is 0 Å². The van der Waals surface area contributed by atoms with E-state index in [1.54, 1.807) is 13.8 Å². The summed E-state index contributed by atoms with van der Waals surface area (Å²) < 4.78 is 0. The van der Waals surface area contributed by atoms with Crippen LogP contribution in [0, 0.1) is 5.41 Å². The molecule has 0 spiro atoms. The Bertz CT molecular complexity index is 195. The summed E-state index contributed by atoms with van der Waals surface area (Å²) in [5.74, 6) is -0.0769. The summed E-state index contributed by atoms with van der Waals surface area (Å²) in [5, 5.41) is 12.6. The molecule has 0 fully saturated rings. The van der Waals surface area contributed by atoms with Crippen LogP contribution in [0.2, 0.25) is 0 Å². The normalized spacial score (nSPS) is 14.3. The van der Waals surface area contributed by atoms with E-state index in [2.05, 4.69) is 15.6 Å². The highest BCUT2D eigenvalue weighted by Crippen LogP contribution is 1.84. The molecular weight excluding hydrogens is 170 g/mol. The summed E-state index contributed by atoms with van der Waals surface area (Å²) in [6, 6.07) is 0. The summed E-state index contributed by atoms with van der Waals surface area (Å²) in [6.45, 7) is 3.60. The smallest absolute Gasteiger partial charge is 0.187 e. The Balaban J connectivity index is 3.84. The predicted octanol–water partition coefficient (Wildman–Crippen LogP) is -1.98. The molecule has 0 aliphatic rings. The molecule has 2 atom stereocenters. The summed E-state index contributed by atoms with van der Waals surface area (Å²) in [7, 11) is 0. The van der Waals surface area contributed by atoms with Crippen LogP contribution in [0.1, 0.15) is 13.8 Å². The monoisotopic (exact) mass is 187 g/mol. The van der Waals surface area contributed by atoms with Crippen molar-refractivity contribution in [2.75, 3.05) is 0 Å². The van der Waals surface area contributed by atoms with Gasteiger partial charge in [-0.05, 0) is 13.8 Å². The number of nitrogens with two attached hydrogens (primary N) is 3. The van der Waals surface area contributed by atoms with Gasteiger partial charge in [0.25, 0.3) is 0 Å². The van der Waals surface area contributed by atoms with Gasteiger partial charge in [-0.25, -0.2) is 4.99 Å². The Morgan fingerprint density at radius 3 is 2.23 bits per heavy atom. The number of nitrogens with zero attached hydrogens (tertiary/aromatic N) is 1. The van der Waals surface area contributed by atoms with E-state index < -0.39 is 0 Å². The van der Waals surface area contributed by atoms with Gasteiger partial charge in [-0.2, -0.15) is 0 Å². The largest absolute Gasteiger partial charge is 0.370 e. The number of guanidine groups is 2. The highest BCUT2D eigenvalue weighted by Gasteiger charge is 2.05. The lowest BCUT2D eigenvalue weighted by molar-refractivity contribution is 0.456. The summed E-state index contributed by atoms with van der Waals surface area (Å²) in [6.07, 6.45) is -0.373. The number of rotatable bonds is 4. The Kier molecular flexibility index (Phi) is 4.60. The van der Waals surface area contributed by atoms with Crippen molar-refractivity contribution >= 4 is 11.9 Å². The minimum absolute atomic E-state index is 0.0232. The molecule has 0 aromatic carbocycles. The van der Waals surface area contributed by atoms with Gasteiger partial charge in [0.15, 0.2) is 11.9 Å². The van der Waals surface area contributed by atoms with Gasteiger partial charge in [0.2, 0.25) is 0 Å². The highest BCUT2D eigenvalue weighted by atomic mass is 15.2. The molecule has 9 N–H and O–H groups in total. The molecule has 0 saturated carbocycles. The first-order valence-corrected chi connectivity index (χ1v) is 3.87. The average Bonchev–Trinajstić information content (AvgIpc) is 1.80. The van der Waals surface area contributed by atoms with Crippen molar-refractivity contribution < 1.29 is 0 Å². The molecule has 2 unspecified atom stereocenters. The Morgan fingerprint density at radius 2 is 1.85 bits per heavy atom. The third-order valence-corrected chi connectivity index (χ3v) is 1.21. The predicted molar refractivity (Wildman–Crippen MR) is 52.9 cm³/mol. The first-order valence-electron chi connectivity index (χ1n) is 3.87. The van der Waals surface area contributed by atoms with Crippen LogP contribution < -0.4 is 27.8 Å². The lowest BCUT2D eigenvalue weighted by atomic mass is 10.5. The van der Waals surface area contributed by atoms with Crippen LogP contribution >= 0.6 is 0 Å². The molecular formula is C6H17N7. The van der Waals surface area contributed by atoms with Crippen LogP contribution in [-0.2, 0) is 0 Å². The molecule has 0 aliphatic heterocycles. The molecule has 0 aromatic heterocycles. The molecule has 7 heteroatoms. The lowest BCUT2D eigenvalue weighted by Crippen LogP contribution is -2.49. The average molecular weight is 187 g/mol. The molecule has 0 rings (SSSR count). The maximum Gasteiger partial charge on any atom is 0.187 e. The Morgan fingerprint density at radius 1 is 1.31 bits per heavy atom. The first kappa shape index (κ1) is 11.5. The molecule has 0 saturated heterocycles. The van der Waals surface area contributed by atoms with Crippen molar-refractivity contribution in [2.24, 2.45) is 22.2 Å². The van der Waals surface area contributed by atoms with Gasteiger partial charge in [-0.1, -0.05) is 0 Å². The van der Waals surface area contributed by atoms with Gasteiger partial charge in [0.1, 0.15) is 6.17 Å². The maximum atomic E-state index is 6.95. The molecule has 0 bridgehead atoms. The second-order valence-electron chi connectivity index (χ2n) is 2.68. The van der Waals surface area contributed by atoms with Crippen LogP contribution in [-0.4, -0.2) is 24.3 Å². The fraction of sp³-hybridized carbons (Fsp3) is 0.667. The maximum absolute atomic E-state index is 6.95. The minimum Gasteiger partial charge on any atom is -0.370 e. The van der Waals surface area contributed by atoms with E-state index in [-0.39, 0.29) is 24.3 Å². The molecule has 0 amide bonds. The Hall–Kier alpha value is -1.50. The topological polar surface area (TPSA) is 138 Å². The zero-order valence-corrected chi connectivity index (χ0v) is 7.83. The number of aliphatic imine (C=N–C) groups is 1. The number of hydrogen-bond donors (Lipinski definition) is 6. The first-order chi connectivity index (χ1) is 5.91. The fourth-order valence-corrected chi connectivity index (χ4v) is 0.898. The van der Waals surface area contributed by atoms with Crippen molar-refractivity contribution in [1.29, 1.82) is 5.41 Å². The summed E-state index contributed by atoms with van der Waals surface area (Å²) in [4.78, 5) is 3.83. The van der Waals surface area contributed by atoms with Gasteiger partial charge in [-0.15, -0.1) is 0 Å². The van der Waals surface area contributed by atoms with Crippen molar-refractivity contribution in [1.82, 2.24) is 10.6 Å². The molecule has 76 valence electrons. The third kappa shape index (κ3) is 6.88. The van der Waals surface area contributed by atoms with E-state index in [1.807, 2.05) is 0 Å². The van der Waals surface area contributed by atoms with E-state index in [1.165, 1.54) is 0 Å². The van der Waals surface area contributed by atoms with E-state index in [9.17, 15) is 0 Å². The van der Waals surface area contributed by atoms with Crippen molar-refractivity contribution in [3.8, 4) is 0 Å². The van der Waals surface area contributed by atoms with Crippen molar-refractivity contribution in [3.05, 3.63) is 0 Å². The van der Waals surface area contributed by atoms with E-state index in [0.29, 0.717) is 0 Å². The van der Waals surface area contributed by atoms with E-state index in [4.69, 9.17) is 22.6 Å². The molecule has 0 aromatic rings. The zero-order chi connectivity index (χ0) is 10.4. The van der Waals surface area contributed by atoms with Crippen LogP contribution in [0.25, 0.3) is 0 Å². The quantitative estimate of drug-likeness (QED) is 0.172. The second-order valence-corrected chi connectivity index (χ2v) is 2.68. The second kappa shape index (κ2) is 5.20. The number of hydrogen-bond acceptors (Lipinski definition) is 3. The lowest BCUT2D eigenvalue weighted by Gasteiger charge is -2.18. The van der Waals surface area contributed by atoms with E-state index >= 15 is 0 Å². The standard InChI is InChI=1S/C6H17N7/c1-3(12-5(7)8)11-4(2)13-6(9)10/h3-4,11H,1-2H3,(H4,7,8,12)(H4,9,10,13). The van der Waals surface area contributed by atoms with Crippen molar-refractivity contribution in [3.63, 3.8) is 0 Å². The van der Waals surface area contributed by atoms with Crippen LogP contribution in [0.3, 0.4) is 0 Å². The van der Waals surface area contributed by atoms with E-state index in [0.717, 1.165) is 0 Å². The molecule has 7 nitrogen and oxygen atoms in total. The number of nitrogens with one attached hydrogen (secondary N) is 3. The van der Waals surface area contributed by atoms with Gasteiger partial charge in [0.05, 0.1) is 6.17 Å².